The first-order valence-corrected chi connectivity index (χ1v) is 8.79. The van der Waals surface area contributed by atoms with Gasteiger partial charge in [-0.05, 0) is 31.9 Å². The van der Waals surface area contributed by atoms with E-state index in [0.29, 0.717) is 6.67 Å². The maximum absolute atomic E-state index is 5.91. The van der Waals surface area contributed by atoms with Gasteiger partial charge in [0, 0.05) is 28.0 Å². The lowest BCUT2D eigenvalue weighted by Gasteiger charge is -2.48. The van der Waals surface area contributed by atoms with Gasteiger partial charge in [0.1, 0.15) is 5.22 Å². The summed E-state index contributed by atoms with van der Waals surface area (Å²) in [6.07, 6.45) is 5.43. The molecule has 1 saturated heterocycles. The predicted molar refractivity (Wildman–Crippen MR) is 74.5 cm³/mol. The zero-order chi connectivity index (χ0) is 13.5. The van der Waals surface area contributed by atoms with Crippen molar-refractivity contribution in [2.75, 3.05) is 34.5 Å². The quantitative estimate of drug-likeness (QED) is 0.395. The maximum atomic E-state index is 5.91. The Labute approximate surface area is 112 Å². The van der Waals surface area contributed by atoms with Crippen LogP contribution in [0, 0.1) is 0 Å². The minimum Gasteiger partial charge on any atom is -0.396 e. The van der Waals surface area contributed by atoms with Gasteiger partial charge in [0.25, 0.3) is 0 Å². The third-order valence-electron chi connectivity index (χ3n) is 4.16. The molecule has 0 aliphatic carbocycles. The third-order valence-corrected chi connectivity index (χ3v) is 8.58. The van der Waals surface area contributed by atoms with Gasteiger partial charge < -0.3 is 24.6 Å². The van der Waals surface area contributed by atoms with Crippen LogP contribution in [0.15, 0.2) is 0 Å². The molecule has 1 unspecified atom stereocenters. The SMILES string of the molecule is COC1(CCCNCN)CCCC[Si]1(OC)OC. The van der Waals surface area contributed by atoms with Crippen LogP contribution < -0.4 is 11.1 Å². The maximum Gasteiger partial charge on any atom is 0.370 e. The van der Waals surface area contributed by atoms with E-state index in [1.807, 2.05) is 0 Å². The summed E-state index contributed by atoms with van der Waals surface area (Å²) in [6, 6.07) is 1.03. The van der Waals surface area contributed by atoms with Crippen molar-refractivity contribution in [3.63, 3.8) is 0 Å². The van der Waals surface area contributed by atoms with Crippen LogP contribution in [0.4, 0.5) is 0 Å². The van der Waals surface area contributed by atoms with E-state index in [0.717, 1.165) is 31.9 Å². The van der Waals surface area contributed by atoms with E-state index in [-0.39, 0.29) is 5.22 Å². The molecule has 0 spiro atoms. The minimum atomic E-state index is -2.25. The van der Waals surface area contributed by atoms with Crippen molar-refractivity contribution < 1.29 is 13.6 Å². The van der Waals surface area contributed by atoms with E-state index in [1.54, 1.807) is 21.3 Å². The molecule has 0 amide bonds. The highest BCUT2D eigenvalue weighted by Gasteiger charge is 2.58. The van der Waals surface area contributed by atoms with Crippen LogP contribution in [-0.2, 0) is 13.6 Å². The molecule has 6 heteroatoms. The molecule has 108 valence electrons. The molecule has 0 radical (unpaired) electrons. The fourth-order valence-corrected chi connectivity index (χ4v) is 7.04. The van der Waals surface area contributed by atoms with E-state index < -0.39 is 8.56 Å². The van der Waals surface area contributed by atoms with Gasteiger partial charge in [-0.25, -0.2) is 0 Å². The molecular formula is C12H28N2O3Si. The van der Waals surface area contributed by atoms with Gasteiger partial charge in [0.15, 0.2) is 0 Å². The normalized spacial score (nSPS) is 27.3. The minimum absolute atomic E-state index is 0.203. The van der Waals surface area contributed by atoms with Crippen molar-refractivity contribution in [1.82, 2.24) is 5.32 Å². The molecule has 0 aromatic rings. The summed E-state index contributed by atoms with van der Waals surface area (Å²) in [5.41, 5.74) is 5.44. The second-order valence-corrected chi connectivity index (χ2v) is 8.61. The Morgan fingerprint density at radius 2 is 1.94 bits per heavy atom. The topological polar surface area (TPSA) is 65.7 Å². The zero-order valence-electron chi connectivity index (χ0n) is 12.0. The zero-order valence-corrected chi connectivity index (χ0v) is 13.0. The Bertz CT molecular complexity index is 239. The Balaban J connectivity index is 2.72. The fourth-order valence-electron chi connectivity index (χ4n) is 3.12. The molecule has 1 rings (SSSR count). The van der Waals surface area contributed by atoms with Crippen LogP contribution >= 0.6 is 0 Å². The monoisotopic (exact) mass is 276 g/mol. The van der Waals surface area contributed by atoms with Crippen molar-refractivity contribution in [2.24, 2.45) is 5.73 Å². The summed E-state index contributed by atoms with van der Waals surface area (Å²) >= 11 is 0. The molecule has 0 aromatic heterocycles. The molecule has 0 saturated carbocycles. The number of rotatable bonds is 8. The first-order valence-electron chi connectivity index (χ1n) is 6.76. The molecule has 0 bridgehead atoms. The second-order valence-electron chi connectivity index (χ2n) is 4.87. The number of hydrogen-bond acceptors (Lipinski definition) is 5. The lowest BCUT2D eigenvalue weighted by atomic mass is 10.1. The summed E-state index contributed by atoms with van der Waals surface area (Å²) < 4.78 is 17.6. The molecule has 1 heterocycles. The van der Waals surface area contributed by atoms with E-state index in [1.165, 1.54) is 12.8 Å². The number of methoxy groups -OCH3 is 1. The van der Waals surface area contributed by atoms with Crippen LogP contribution in [0.1, 0.15) is 32.1 Å². The van der Waals surface area contributed by atoms with Crippen molar-refractivity contribution in [2.45, 2.75) is 43.4 Å². The van der Waals surface area contributed by atoms with Gasteiger partial charge in [-0.2, -0.15) is 0 Å². The number of ether oxygens (including phenoxy) is 1. The second kappa shape index (κ2) is 7.57. The molecule has 1 fully saturated rings. The molecule has 18 heavy (non-hydrogen) atoms. The smallest absolute Gasteiger partial charge is 0.370 e. The van der Waals surface area contributed by atoms with E-state index >= 15 is 0 Å². The Hall–Kier alpha value is 0.0169. The van der Waals surface area contributed by atoms with Crippen molar-refractivity contribution in [3.8, 4) is 0 Å². The molecule has 1 aliphatic rings. The standard InChI is InChI=1S/C12H28N2O3Si/c1-15-12(8-6-9-14-11-13)7-4-5-10-18(12,16-2)17-3/h14H,4-11,13H2,1-3H3. The summed E-state index contributed by atoms with van der Waals surface area (Å²) in [4.78, 5) is 0. The highest BCUT2D eigenvalue weighted by molar-refractivity contribution is 6.70. The van der Waals surface area contributed by atoms with Gasteiger partial charge in [-0.3, -0.25) is 0 Å². The summed E-state index contributed by atoms with van der Waals surface area (Å²) in [6.45, 7) is 1.44. The van der Waals surface area contributed by atoms with Crippen LogP contribution in [0.25, 0.3) is 0 Å². The van der Waals surface area contributed by atoms with Crippen LogP contribution in [0.5, 0.6) is 0 Å². The molecular weight excluding hydrogens is 248 g/mol. The highest BCUT2D eigenvalue weighted by atomic mass is 28.4. The number of nitrogens with one attached hydrogen (secondary N) is 1. The third kappa shape index (κ3) is 3.12. The predicted octanol–water partition coefficient (Wildman–Crippen LogP) is 1.12. The summed E-state index contributed by atoms with van der Waals surface area (Å²) in [7, 11) is 3.08. The first-order chi connectivity index (χ1) is 8.70. The van der Waals surface area contributed by atoms with Crippen molar-refractivity contribution in [3.05, 3.63) is 0 Å². The number of hydrogen-bond donors (Lipinski definition) is 2. The molecule has 3 N–H and O–H groups in total. The van der Waals surface area contributed by atoms with Gasteiger partial charge >= 0.3 is 8.56 Å². The Morgan fingerprint density at radius 3 is 2.50 bits per heavy atom. The molecule has 5 nitrogen and oxygen atoms in total. The van der Waals surface area contributed by atoms with E-state index in [2.05, 4.69) is 5.32 Å². The van der Waals surface area contributed by atoms with Crippen molar-refractivity contribution >= 4 is 8.56 Å². The van der Waals surface area contributed by atoms with Crippen molar-refractivity contribution in [1.29, 1.82) is 0 Å². The lowest BCUT2D eigenvalue weighted by Crippen LogP contribution is -2.64. The largest absolute Gasteiger partial charge is 0.396 e. The van der Waals surface area contributed by atoms with E-state index in [4.69, 9.17) is 19.3 Å². The fraction of sp³-hybridized carbons (Fsp3) is 1.00. The Kier molecular flexibility index (Phi) is 6.76. The molecule has 0 aromatic carbocycles. The highest BCUT2D eigenvalue weighted by Crippen LogP contribution is 2.42. The van der Waals surface area contributed by atoms with Gasteiger partial charge in [-0.1, -0.05) is 12.8 Å². The van der Waals surface area contributed by atoms with Crippen LogP contribution in [0.3, 0.4) is 0 Å². The van der Waals surface area contributed by atoms with Gasteiger partial charge in [0.2, 0.25) is 0 Å². The average molecular weight is 276 g/mol. The average Bonchev–Trinajstić information content (AvgIpc) is 2.44. The van der Waals surface area contributed by atoms with Gasteiger partial charge in [-0.15, -0.1) is 0 Å². The van der Waals surface area contributed by atoms with E-state index in [9.17, 15) is 0 Å². The van der Waals surface area contributed by atoms with Crippen LogP contribution in [0.2, 0.25) is 6.04 Å². The van der Waals surface area contributed by atoms with Crippen LogP contribution in [-0.4, -0.2) is 48.3 Å². The first kappa shape index (κ1) is 16.1. The number of nitrogens with two attached hydrogens (primary N) is 1. The molecule has 1 aliphatic heterocycles. The molecule has 1 atom stereocenters. The summed E-state index contributed by atoms with van der Waals surface area (Å²) in [5.74, 6) is 0. The lowest BCUT2D eigenvalue weighted by molar-refractivity contribution is -0.0156. The van der Waals surface area contributed by atoms with Gasteiger partial charge in [0.05, 0.1) is 0 Å². The Morgan fingerprint density at radius 1 is 1.22 bits per heavy atom. The summed E-state index contributed by atoms with van der Waals surface area (Å²) in [5, 5.41) is 2.95.